The average Bonchev–Trinajstić information content (AvgIpc) is 2.75. The summed E-state index contributed by atoms with van der Waals surface area (Å²) in [5, 5.41) is -3.30. The number of halogens is 4. The Balaban J connectivity index is 2.05. The molecule has 2 aromatic rings. The highest BCUT2D eigenvalue weighted by Crippen LogP contribution is 2.71. The Kier molecular flexibility index (Phi) is 1.99. The average molecular weight is 284 g/mol. The van der Waals surface area contributed by atoms with Gasteiger partial charge in [-0.2, -0.15) is 17.6 Å². The van der Waals surface area contributed by atoms with Crippen LogP contribution in [0.3, 0.4) is 0 Å². The Morgan fingerprint density at radius 2 is 1.53 bits per heavy atom. The quantitative estimate of drug-likeness (QED) is 0.617. The highest BCUT2D eigenvalue weighted by Gasteiger charge is 2.72. The summed E-state index contributed by atoms with van der Waals surface area (Å²) in [7, 11) is 0. The highest BCUT2D eigenvalue weighted by atomic mass is 32.2. The number of hydrogen-bond donors (Lipinski definition) is 0. The number of alkyl halides is 4. The molecule has 2 atom stereocenters. The lowest BCUT2D eigenvalue weighted by Gasteiger charge is -2.22. The third-order valence-corrected chi connectivity index (χ3v) is 5.32. The van der Waals surface area contributed by atoms with Crippen LogP contribution in [0.25, 0.3) is 10.8 Å². The van der Waals surface area contributed by atoms with Crippen molar-refractivity contribution < 1.29 is 17.6 Å². The number of thioether (sulfide) groups is 1. The van der Waals surface area contributed by atoms with Crippen molar-refractivity contribution in [2.75, 3.05) is 0 Å². The zero-order valence-corrected chi connectivity index (χ0v) is 10.4. The van der Waals surface area contributed by atoms with Gasteiger partial charge in [-0.25, -0.2) is 0 Å². The molecule has 1 aliphatic carbocycles. The second-order valence-electron chi connectivity index (χ2n) is 4.95. The molecule has 0 saturated carbocycles. The van der Waals surface area contributed by atoms with Crippen LogP contribution in [0.4, 0.5) is 17.6 Å². The smallest absolute Gasteiger partial charge is 0.198 e. The number of rotatable bonds is 0. The first-order valence-corrected chi connectivity index (χ1v) is 6.76. The summed E-state index contributed by atoms with van der Waals surface area (Å²) < 4.78 is 55.1. The fraction of sp³-hybridized carbons (Fsp3) is 0.286. The summed E-state index contributed by atoms with van der Waals surface area (Å²) in [4.78, 5) is 0. The molecule has 1 aliphatic heterocycles. The maximum atomic E-state index is 14.0. The molecule has 1 fully saturated rings. The summed E-state index contributed by atoms with van der Waals surface area (Å²) in [6.07, 6.45) is 0. The van der Waals surface area contributed by atoms with Crippen molar-refractivity contribution in [2.45, 2.75) is 22.3 Å². The molecule has 19 heavy (non-hydrogen) atoms. The molecule has 0 N–H and O–H groups in total. The Labute approximate surface area is 110 Å². The van der Waals surface area contributed by atoms with Gasteiger partial charge in [-0.15, -0.1) is 0 Å². The largest absolute Gasteiger partial charge is 0.357 e. The van der Waals surface area contributed by atoms with Gasteiger partial charge in [0.05, 0.1) is 5.92 Å². The van der Waals surface area contributed by atoms with Gasteiger partial charge in [0.1, 0.15) is 0 Å². The lowest BCUT2D eigenvalue weighted by molar-refractivity contribution is -0.156. The third-order valence-electron chi connectivity index (χ3n) is 3.97. The second-order valence-corrected chi connectivity index (χ2v) is 6.20. The molecule has 2 aliphatic rings. The molecule has 98 valence electrons. The van der Waals surface area contributed by atoms with Crippen LogP contribution in [-0.4, -0.2) is 11.2 Å². The van der Waals surface area contributed by atoms with Crippen LogP contribution in [0.2, 0.25) is 0 Å². The van der Waals surface area contributed by atoms with Crippen LogP contribution >= 0.6 is 11.8 Å². The van der Waals surface area contributed by atoms with Crippen molar-refractivity contribution in [3.8, 4) is 0 Å². The number of hydrogen-bond acceptors (Lipinski definition) is 1. The van der Waals surface area contributed by atoms with E-state index in [2.05, 4.69) is 0 Å². The van der Waals surface area contributed by atoms with Gasteiger partial charge in [-0.1, -0.05) is 48.2 Å². The Hall–Kier alpha value is -1.23. The molecule has 0 radical (unpaired) electrons. The van der Waals surface area contributed by atoms with E-state index in [1.54, 1.807) is 24.3 Å². The molecule has 0 nitrogen and oxygen atoms in total. The molecule has 2 unspecified atom stereocenters. The minimum absolute atomic E-state index is 0.0917. The molecule has 4 rings (SSSR count). The zero-order chi connectivity index (χ0) is 13.4. The fourth-order valence-electron chi connectivity index (χ4n) is 3.17. The molecule has 1 saturated heterocycles. The van der Waals surface area contributed by atoms with Crippen LogP contribution in [0, 0.1) is 0 Å². The molecule has 0 spiro atoms. The van der Waals surface area contributed by atoms with Gasteiger partial charge in [0.15, 0.2) is 0 Å². The van der Waals surface area contributed by atoms with Gasteiger partial charge in [-0.3, -0.25) is 0 Å². The van der Waals surface area contributed by atoms with Crippen molar-refractivity contribution in [2.24, 2.45) is 0 Å². The summed E-state index contributed by atoms with van der Waals surface area (Å²) in [5.74, 6) is -5.43. The predicted octanol–water partition coefficient (Wildman–Crippen LogP) is 4.95. The summed E-state index contributed by atoms with van der Waals surface area (Å²) >= 11 is 0.0917. The van der Waals surface area contributed by atoms with Crippen LogP contribution in [0.15, 0.2) is 36.4 Å². The van der Waals surface area contributed by atoms with Crippen LogP contribution in [0.1, 0.15) is 22.3 Å². The van der Waals surface area contributed by atoms with E-state index in [4.69, 9.17) is 0 Å². The van der Waals surface area contributed by atoms with E-state index < -0.39 is 22.3 Å². The Morgan fingerprint density at radius 1 is 0.895 bits per heavy atom. The van der Waals surface area contributed by atoms with E-state index in [9.17, 15) is 17.6 Å². The first-order chi connectivity index (χ1) is 8.93. The maximum absolute atomic E-state index is 14.0. The van der Waals surface area contributed by atoms with Crippen molar-refractivity contribution in [1.82, 2.24) is 0 Å². The van der Waals surface area contributed by atoms with Gasteiger partial charge in [0, 0.05) is 5.25 Å². The summed E-state index contributed by atoms with van der Waals surface area (Å²) in [6.45, 7) is 0. The van der Waals surface area contributed by atoms with E-state index >= 15 is 0 Å². The first kappa shape index (κ1) is 11.6. The number of benzene rings is 2. The van der Waals surface area contributed by atoms with Gasteiger partial charge >= 0.3 is 11.2 Å². The third kappa shape index (κ3) is 1.22. The molecular weight excluding hydrogens is 276 g/mol. The van der Waals surface area contributed by atoms with Gasteiger partial charge < -0.3 is 0 Å². The van der Waals surface area contributed by atoms with E-state index in [1.165, 1.54) is 0 Å². The molecule has 0 bridgehead atoms. The predicted molar refractivity (Wildman–Crippen MR) is 66.9 cm³/mol. The molecule has 0 amide bonds. The monoisotopic (exact) mass is 284 g/mol. The van der Waals surface area contributed by atoms with Crippen molar-refractivity contribution in [3.63, 3.8) is 0 Å². The van der Waals surface area contributed by atoms with Crippen molar-refractivity contribution in [3.05, 3.63) is 47.5 Å². The Bertz CT molecular complexity index is 690. The lowest BCUT2D eigenvalue weighted by atomic mass is 9.93. The summed E-state index contributed by atoms with van der Waals surface area (Å²) in [5.41, 5.74) is 0.965. The fourth-order valence-corrected chi connectivity index (χ4v) is 4.55. The van der Waals surface area contributed by atoms with Gasteiger partial charge in [-0.05, 0) is 21.9 Å². The van der Waals surface area contributed by atoms with E-state index in [-0.39, 0.29) is 11.8 Å². The van der Waals surface area contributed by atoms with Crippen LogP contribution in [-0.2, 0) is 0 Å². The molecule has 0 aromatic heterocycles. The van der Waals surface area contributed by atoms with Gasteiger partial charge in [0.2, 0.25) is 0 Å². The topological polar surface area (TPSA) is 0 Å². The first-order valence-electron chi connectivity index (χ1n) is 5.88. The van der Waals surface area contributed by atoms with Crippen molar-refractivity contribution >= 4 is 22.5 Å². The normalized spacial score (nSPS) is 29.7. The number of fused-ring (bicyclic) bond motifs is 3. The molecule has 5 heteroatoms. The van der Waals surface area contributed by atoms with Crippen molar-refractivity contribution in [1.29, 1.82) is 0 Å². The molecule has 2 aromatic carbocycles. The van der Waals surface area contributed by atoms with E-state index in [1.807, 2.05) is 12.1 Å². The summed E-state index contributed by atoms with van der Waals surface area (Å²) in [6, 6.07) is 10.3. The van der Waals surface area contributed by atoms with Crippen LogP contribution < -0.4 is 0 Å². The van der Waals surface area contributed by atoms with Crippen LogP contribution in [0.5, 0.6) is 0 Å². The van der Waals surface area contributed by atoms with E-state index in [0.717, 1.165) is 10.8 Å². The Morgan fingerprint density at radius 3 is 2.21 bits per heavy atom. The maximum Gasteiger partial charge on any atom is 0.357 e. The minimum atomic E-state index is -4.00. The standard InChI is InChI=1S/C14H8F4S/c15-13(16)11-8-5-1-3-7-4-2-6-9(10(7)8)12(11)19-14(13,17)18/h1-6,11-12H. The lowest BCUT2D eigenvalue weighted by Crippen LogP contribution is -2.36. The minimum Gasteiger partial charge on any atom is -0.198 e. The zero-order valence-electron chi connectivity index (χ0n) is 9.54. The molecular formula is C14H8F4S. The highest BCUT2D eigenvalue weighted by molar-refractivity contribution is 8.01. The van der Waals surface area contributed by atoms with E-state index in [0.29, 0.717) is 11.1 Å². The second kappa shape index (κ2) is 3.26. The molecule has 1 heterocycles. The van der Waals surface area contributed by atoms with Gasteiger partial charge in [0.25, 0.3) is 0 Å². The SMILES string of the molecule is FC1(F)SC2c3cccc4cccc(c34)C2C1(F)F.